The Morgan fingerprint density at radius 2 is 1.69 bits per heavy atom. The molecule has 0 N–H and O–H groups in total. The largest absolute Gasteiger partial charge is 0.457 e. The Bertz CT molecular complexity index is 901. The van der Waals surface area contributed by atoms with Crippen molar-refractivity contribution in [3.63, 3.8) is 0 Å². The zero-order chi connectivity index (χ0) is 21.0. The van der Waals surface area contributed by atoms with Gasteiger partial charge in [0.05, 0.1) is 5.92 Å². The number of benzene rings is 2. The lowest BCUT2D eigenvalue weighted by atomic mass is 10.0. The summed E-state index contributed by atoms with van der Waals surface area (Å²) in [5.41, 5.74) is 3.30. The van der Waals surface area contributed by atoms with Crippen LogP contribution in [-0.4, -0.2) is 30.8 Å². The van der Waals surface area contributed by atoms with Crippen molar-refractivity contribution < 1.29 is 23.5 Å². The summed E-state index contributed by atoms with van der Waals surface area (Å²) in [6, 6.07) is 11.0. The average molecular weight is 397 g/mol. The number of para-hydroxylation sites is 1. The van der Waals surface area contributed by atoms with E-state index in [-0.39, 0.29) is 24.4 Å². The minimum Gasteiger partial charge on any atom is -0.457 e. The highest BCUT2D eigenvalue weighted by Crippen LogP contribution is 2.32. The number of nitrogens with zero attached hydrogens (tertiary/aromatic N) is 1. The molecular formula is C23H24FNO4. The second-order valence-electron chi connectivity index (χ2n) is 7.08. The quantitative estimate of drug-likeness (QED) is 0.528. The van der Waals surface area contributed by atoms with Crippen LogP contribution in [0.3, 0.4) is 0 Å². The Hall–Kier alpha value is -3.02. The normalized spacial score (nSPS) is 16.2. The molecule has 0 aliphatic carbocycles. The van der Waals surface area contributed by atoms with Gasteiger partial charge in [0.2, 0.25) is 5.91 Å². The SMILES string of the molecule is CCc1cccc(CC)c1N1C[C@@H](C(=O)OCC(=O)c2ccc(F)cc2)CC1=O. The van der Waals surface area contributed by atoms with Gasteiger partial charge < -0.3 is 9.64 Å². The summed E-state index contributed by atoms with van der Waals surface area (Å²) in [5.74, 6) is -2.15. The van der Waals surface area contributed by atoms with Crippen LogP contribution < -0.4 is 4.90 Å². The monoisotopic (exact) mass is 397 g/mol. The first-order chi connectivity index (χ1) is 13.9. The highest BCUT2D eigenvalue weighted by atomic mass is 19.1. The van der Waals surface area contributed by atoms with Crippen LogP contribution in [0.25, 0.3) is 0 Å². The summed E-state index contributed by atoms with van der Waals surface area (Å²) in [4.78, 5) is 38.9. The summed E-state index contributed by atoms with van der Waals surface area (Å²) in [6.45, 7) is 3.88. The highest BCUT2D eigenvalue weighted by molar-refractivity contribution is 6.01. The maximum absolute atomic E-state index is 13.0. The minimum atomic E-state index is -0.613. The fraction of sp³-hybridized carbons (Fsp3) is 0.348. The first kappa shape index (κ1) is 20.7. The smallest absolute Gasteiger partial charge is 0.311 e. The van der Waals surface area contributed by atoms with Gasteiger partial charge in [-0.15, -0.1) is 0 Å². The third-order valence-corrected chi connectivity index (χ3v) is 5.20. The van der Waals surface area contributed by atoms with Crippen LogP contribution in [0.1, 0.15) is 41.8 Å². The van der Waals surface area contributed by atoms with E-state index in [0.29, 0.717) is 0 Å². The molecule has 1 fully saturated rings. The number of ketones is 1. The van der Waals surface area contributed by atoms with Gasteiger partial charge in [0.15, 0.2) is 12.4 Å². The van der Waals surface area contributed by atoms with E-state index in [1.807, 2.05) is 32.0 Å². The van der Waals surface area contributed by atoms with Gasteiger partial charge in [0.25, 0.3) is 0 Å². The molecule has 1 saturated heterocycles. The van der Waals surface area contributed by atoms with Gasteiger partial charge in [-0.25, -0.2) is 4.39 Å². The van der Waals surface area contributed by atoms with Crippen LogP contribution in [-0.2, 0) is 27.2 Å². The Kier molecular flexibility index (Phi) is 6.42. The lowest BCUT2D eigenvalue weighted by Gasteiger charge is -2.23. The molecule has 2 aromatic carbocycles. The van der Waals surface area contributed by atoms with Crippen molar-refractivity contribution in [2.45, 2.75) is 33.1 Å². The molecule has 152 valence electrons. The summed E-state index contributed by atoms with van der Waals surface area (Å²) in [5, 5.41) is 0. The van der Waals surface area contributed by atoms with Crippen molar-refractivity contribution in [3.8, 4) is 0 Å². The molecule has 1 atom stereocenters. The van der Waals surface area contributed by atoms with Crippen LogP contribution in [0.15, 0.2) is 42.5 Å². The first-order valence-corrected chi connectivity index (χ1v) is 9.81. The van der Waals surface area contributed by atoms with Crippen molar-refractivity contribution in [2.24, 2.45) is 5.92 Å². The molecule has 2 aromatic rings. The number of hydrogen-bond acceptors (Lipinski definition) is 4. The topological polar surface area (TPSA) is 63.7 Å². The lowest BCUT2D eigenvalue weighted by molar-refractivity contribution is -0.147. The molecule has 5 nitrogen and oxygen atoms in total. The van der Waals surface area contributed by atoms with Gasteiger partial charge in [0, 0.05) is 24.2 Å². The van der Waals surface area contributed by atoms with Crippen molar-refractivity contribution in [1.82, 2.24) is 0 Å². The van der Waals surface area contributed by atoms with Crippen LogP contribution in [0, 0.1) is 11.7 Å². The molecule has 0 spiro atoms. The zero-order valence-corrected chi connectivity index (χ0v) is 16.6. The van der Waals surface area contributed by atoms with Crippen molar-refractivity contribution in [3.05, 3.63) is 65.0 Å². The van der Waals surface area contributed by atoms with Crippen LogP contribution in [0.4, 0.5) is 10.1 Å². The predicted molar refractivity (Wildman–Crippen MR) is 107 cm³/mol. The van der Waals surface area contributed by atoms with E-state index in [4.69, 9.17) is 4.74 Å². The number of Topliss-reactive ketones (excluding diaryl/α,β-unsaturated/α-hetero) is 1. The maximum atomic E-state index is 13.0. The molecule has 6 heteroatoms. The molecule has 0 radical (unpaired) electrons. The third-order valence-electron chi connectivity index (χ3n) is 5.20. The van der Waals surface area contributed by atoms with Gasteiger partial charge in [-0.2, -0.15) is 0 Å². The van der Waals surface area contributed by atoms with Crippen LogP contribution in [0.5, 0.6) is 0 Å². The van der Waals surface area contributed by atoms with Crippen molar-refractivity contribution in [1.29, 1.82) is 0 Å². The molecule has 29 heavy (non-hydrogen) atoms. The fourth-order valence-electron chi connectivity index (χ4n) is 3.62. The predicted octanol–water partition coefficient (Wildman–Crippen LogP) is 3.73. The Labute approximate surface area is 169 Å². The van der Waals surface area contributed by atoms with Crippen LogP contribution in [0.2, 0.25) is 0 Å². The molecule has 1 heterocycles. The second kappa shape index (κ2) is 8.99. The molecule has 1 aliphatic rings. The van der Waals surface area contributed by atoms with Crippen molar-refractivity contribution in [2.75, 3.05) is 18.1 Å². The number of aryl methyl sites for hydroxylation is 2. The lowest BCUT2D eigenvalue weighted by Crippen LogP contribution is -2.29. The van der Waals surface area contributed by atoms with E-state index >= 15 is 0 Å². The number of rotatable bonds is 7. The molecular weight excluding hydrogens is 373 g/mol. The zero-order valence-electron chi connectivity index (χ0n) is 16.6. The summed E-state index contributed by atoms with van der Waals surface area (Å²) < 4.78 is 18.1. The van der Waals surface area contributed by atoms with Gasteiger partial charge >= 0.3 is 5.97 Å². The molecule has 1 aliphatic heterocycles. The van der Waals surface area contributed by atoms with Crippen molar-refractivity contribution >= 4 is 23.3 Å². The standard InChI is InChI=1S/C23H24FNO4/c1-3-15-6-5-7-16(4-2)22(15)25-13-18(12-21(25)27)23(28)29-14-20(26)17-8-10-19(24)11-9-17/h5-11,18H,3-4,12-14H2,1-2H3/t18-/m0/s1. The van der Waals surface area contributed by atoms with Crippen LogP contribution >= 0.6 is 0 Å². The number of carbonyl (C=O) groups is 3. The first-order valence-electron chi connectivity index (χ1n) is 9.81. The van der Waals surface area contributed by atoms with E-state index in [1.165, 1.54) is 24.3 Å². The van der Waals surface area contributed by atoms with Gasteiger partial charge in [0.1, 0.15) is 5.82 Å². The number of anilines is 1. The summed E-state index contributed by atoms with van der Waals surface area (Å²) in [6.07, 6.45) is 1.63. The number of carbonyl (C=O) groups excluding carboxylic acids is 3. The Balaban J connectivity index is 1.66. The molecule has 3 rings (SSSR count). The van der Waals surface area contributed by atoms with E-state index < -0.39 is 30.1 Å². The molecule has 0 bridgehead atoms. The van der Waals surface area contributed by atoms with Gasteiger partial charge in [-0.05, 0) is 48.2 Å². The van der Waals surface area contributed by atoms with Gasteiger partial charge in [-0.1, -0.05) is 32.0 Å². The number of hydrogen-bond donors (Lipinski definition) is 0. The molecule has 1 amide bonds. The number of ether oxygens (including phenoxy) is 1. The number of amides is 1. The molecule has 0 aromatic heterocycles. The number of esters is 1. The van der Waals surface area contributed by atoms with E-state index in [0.717, 1.165) is 29.7 Å². The summed E-state index contributed by atoms with van der Waals surface area (Å²) in [7, 11) is 0. The third kappa shape index (κ3) is 4.53. The van der Waals surface area contributed by atoms with E-state index in [2.05, 4.69) is 0 Å². The second-order valence-corrected chi connectivity index (χ2v) is 7.08. The maximum Gasteiger partial charge on any atom is 0.311 e. The average Bonchev–Trinajstić information content (AvgIpc) is 3.12. The summed E-state index contributed by atoms with van der Waals surface area (Å²) >= 11 is 0. The van der Waals surface area contributed by atoms with Gasteiger partial charge in [-0.3, -0.25) is 14.4 Å². The van der Waals surface area contributed by atoms with E-state index in [1.54, 1.807) is 4.90 Å². The molecule has 0 saturated carbocycles. The number of halogens is 1. The fourth-order valence-corrected chi connectivity index (χ4v) is 3.62. The minimum absolute atomic E-state index is 0.0603. The Morgan fingerprint density at radius 1 is 1.07 bits per heavy atom. The molecule has 0 unspecified atom stereocenters. The van der Waals surface area contributed by atoms with E-state index in [9.17, 15) is 18.8 Å². The highest BCUT2D eigenvalue weighted by Gasteiger charge is 2.37. The Morgan fingerprint density at radius 3 is 2.28 bits per heavy atom.